The maximum atomic E-state index is 11.1. The van der Waals surface area contributed by atoms with E-state index in [9.17, 15) is 4.79 Å². The largest absolute Gasteiger partial charge is 0.315 e. The predicted molar refractivity (Wildman–Crippen MR) is 72.2 cm³/mol. The summed E-state index contributed by atoms with van der Waals surface area (Å²) in [7, 11) is 0. The fourth-order valence-corrected chi connectivity index (χ4v) is 1.67. The Kier molecular flexibility index (Phi) is 4.92. The summed E-state index contributed by atoms with van der Waals surface area (Å²) in [6, 6.07) is 5.55. The molecule has 0 fully saturated rings. The van der Waals surface area contributed by atoms with Gasteiger partial charge < -0.3 is 5.32 Å². The molecular weight excluding hydrogens is 425 g/mol. The van der Waals surface area contributed by atoms with E-state index in [1.54, 1.807) is 0 Å². The van der Waals surface area contributed by atoms with Crippen molar-refractivity contribution in [2.45, 2.75) is 0 Å². The van der Waals surface area contributed by atoms with Gasteiger partial charge in [-0.25, -0.2) is 0 Å². The van der Waals surface area contributed by atoms with E-state index < -0.39 is 0 Å². The first-order valence-corrected chi connectivity index (χ1v) is 6.17. The minimum atomic E-state index is -0.338. The quantitative estimate of drug-likeness (QED) is 0.539. The second-order valence-electron chi connectivity index (χ2n) is 2.30. The molecule has 1 rings (SSSR count). The fourth-order valence-electron chi connectivity index (χ4n) is 0.779. The highest BCUT2D eigenvalue weighted by molar-refractivity contribution is 14.1. The van der Waals surface area contributed by atoms with Crippen molar-refractivity contribution in [1.82, 2.24) is 0 Å². The Hall–Kier alpha value is -0.0600. The molecular formula is C9H4Br2INO. The molecule has 5 heteroatoms. The maximum absolute atomic E-state index is 11.1. The lowest BCUT2D eigenvalue weighted by Gasteiger charge is -2.02. The summed E-state index contributed by atoms with van der Waals surface area (Å²) >= 11 is 8.42. The number of carbonyl (C=O) groups is 1. The monoisotopic (exact) mass is 427 g/mol. The first-order valence-electron chi connectivity index (χ1n) is 3.51. The van der Waals surface area contributed by atoms with Gasteiger partial charge in [-0.3, -0.25) is 4.79 Å². The van der Waals surface area contributed by atoms with E-state index in [1.165, 1.54) is 0 Å². The van der Waals surface area contributed by atoms with Crippen LogP contribution >= 0.6 is 54.5 Å². The van der Waals surface area contributed by atoms with Crippen molar-refractivity contribution in [3.63, 3.8) is 0 Å². The maximum Gasteiger partial charge on any atom is 0.301 e. The number of amides is 1. The van der Waals surface area contributed by atoms with Crippen LogP contribution in [0, 0.1) is 14.3 Å². The Bertz CT molecular complexity index is 423. The van der Waals surface area contributed by atoms with E-state index in [1.807, 2.05) is 18.2 Å². The highest BCUT2D eigenvalue weighted by Crippen LogP contribution is 2.22. The van der Waals surface area contributed by atoms with Crippen molar-refractivity contribution in [2.75, 3.05) is 5.32 Å². The van der Waals surface area contributed by atoms with Gasteiger partial charge in [0.25, 0.3) is 0 Å². The molecule has 0 saturated heterocycles. The first kappa shape index (κ1) is 12.0. The van der Waals surface area contributed by atoms with Crippen molar-refractivity contribution >= 4 is 66.0 Å². The van der Waals surface area contributed by atoms with Crippen LogP contribution in [0.15, 0.2) is 22.7 Å². The molecule has 0 radical (unpaired) electrons. The standard InChI is InChI=1S/C9H4Br2INO/c10-4-3-9(14)13-6-1-2-8(12)7(11)5-6/h1-2,5H,(H,13,14). The minimum Gasteiger partial charge on any atom is -0.315 e. The van der Waals surface area contributed by atoms with Crippen LogP contribution in [-0.2, 0) is 4.79 Å². The average Bonchev–Trinajstić information content (AvgIpc) is 2.12. The Morgan fingerprint density at radius 2 is 2.21 bits per heavy atom. The fraction of sp³-hybridized carbons (Fsp3) is 0. The third-order valence-corrected chi connectivity index (χ3v) is 3.87. The molecule has 0 spiro atoms. The van der Waals surface area contributed by atoms with E-state index in [0.717, 1.165) is 13.7 Å². The minimum absolute atomic E-state index is 0.338. The van der Waals surface area contributed by atoms with Gasteiger partial charge in [-0.15, -0.1) is 0 Å². The molecule has 1 aromatic carbocycles. The molecule has 1 amide bonds. The second kappa shape index (κ2) is 5.73. The van der Waals surface area contributed by atoms with Gasteiger partial charge in [0.2, 0.25) is 0 Å². The first-order chi connectivity index (χ1) is 6.63. The highest BCUT2D eigenvalue weighted by atomic mass is 127. The summed E-state index contributed by atoms with van der Waals surface area (Å²) in [6.07, 6.45) is 0. The van der Waals surface area contributed by atoms with Crippen LogP contribution in [0.3, 0.4) is 0 Å². The smallest absolute Gasteiger partial charge is 0.301 e. The van der Waals surface area contributed by atoms with Crippen LogP contribution < -0.4 is 5.32 Å². The van der Waals surface area contributed by atoms with Gasteiger partial charge in [-0.1, -0.05) is 0 Å². The molecule has 0 saturated carbocycles. The summed E-state index contributed by atoms with van der Waals surface area (Å²) in [5.41, 5.74) is 0.720. The van der Waals surface area contributed by atoms with Crippen LogP contribution in [0.25, 0.3) is 0 Å². The second-order valence-corrected chi connectivity index (χ2v) is 4.72. The van der Waals surface area contributed by atoms with E-state index in [4.69, 9.17) is 0 Å². The SMILES string of the molecule is O=C(C#CBr)Nc1ccc(I)c(Br)c1. The van der Waals surface area contributed by atoms with E-state index >= 15 is 0 Å². The topological polar surface area (TPSA) is 29.1 Å². The number of rotatable bonds is 1. The normalized spacial score (nSPS) is 8.79. The van der Waals surface area contributed by atoms with Crippen molar-refractivity contribution in [1.29, 1.82) is 0 Å². The molecule has 1 N–H and O–H groups in total. The molecule has 0 unspecified atom stereocenters. The lowest BCUT2D eigenvalue weighted by atomic mass is 10.3. The number of nitrogens with one attached hydrogen (secondary N) is 1. The van der Waals surface area contributed by atoms with Crippen molar-refractivity contribution < 1.29 is 4.79 Å². The number of benzene rings is 1. The molecule has 0 aliphatic carbocycles. The molecule has 0 bridgehead atoms. The van der Waals surface area contributed by atoms with Gasteiger partial charge >= 0.3 is 5.91 Å². The molecule has 1 aromatic rings. The molecule has 72 valence electrons. The average molecular weight is 429 g/mol. The number of carbonyl (C=O) groups excluding carboxylic acids is 1. The molecule has 0 aliphatic heterocycles. The third kappa shape index (κ3) is 3.59. The van der Waals surface area contributed by atoms with Crippen LogP contribution in [0.5, 0.6) is 0 Å². The van der Waals surface area contributed by atoms with Crippen molar-refractivity contribution in [3.8, 4) is 10.8 Å². The van der Waals surface area contributed by atoms with Crippen LogP contribution in [0.1, 0.15) is 0 Å². The number of halogens is 3. The lowest BCUT2D eigenvalue weighted by molar-refractivity contribution is -0.111. The highest BCUT2D eigenvalue weighted by Gasteiger charge is 2.00. The Morgan fingerprint density at radius 1 is 1.50 bits per heavy atom. The van der Waals surface area contributed by atoms with Crippen LogP contribution in [0.2, 0.25) is 0 Å². The summed E-state index contributed by atoms with van der Waals surface area (Å²) in [4.78, 5) is 13.4. The van der Waals surface area contributed by atoms with E-state index in [2.05, 4.69) is 70.5 Å². The van der Waals surface area contributed by atoms with Crippen molar-refractivity contribution in [3.05, 3.63) is 26.2 Å². The third-order valence-electron chi connectivity index (χ3n) is 1.34. The van der Waals surface area contributed by atoms with Gasteiger partial charge in [0.1, 0.15) is 0 Å². The van der Waals surface area contributed by atoms with Crippen molar-refractivity contribution in [2.24, 2.45) is 0 Å². The summed E-state index contributed by atoms with van der Waals surface area (Å²) in [5.74, 6) is 1.99. The van der Waals surface area contributed by atoms with Crippen LogP contribution in [-0.4, -0.2) is 5.91 Å². The summed E-state index contributed by atoms with van der Waals surface area (Å²) < 4.78 is 2.04. The Labute approximate surface area is 112 Å². The lowest BCUT2D eigenvalue weighted by Crippen LogP contribution is -2.08. The van der Waals surface area contributed by atoms with Gasteiger partial charge in [-0.2, -0.15) is 0 Å². The molecule has 0 heterocycles. The van der Waals surface area contributed by atoms with Gasteiger partial charge in [0.05, 0.1) is 0 Å². The van der Waals surface area contributed by atoms with Crippen LogP contribution in [0.4, 0.5) is 5.69 Å². The number of anilines is 1. The van der Waals surface area contributed by atoms with E-state index in [0.29, 0.717) is 0 Å². The molecule has 0 atom stereocenters. The van der Waals surface area contributed by atoms with E-state index in [-0.39, 0.29) is 5.91 Å². The predicted octanol–water partition coefficient (Wildman–Crippen LogP) is 3.35. The zero-order chi connectivity index (χ0) is 10.6. The zero-order valence-corrected chi connectivity index (χ0v) is 12.1. The summed E-state index contributed by atoms with van der Waals surface area (Å²) in [5, 5.41) is 2.64. The summed E-state index contributed by atoms with van der Waals surface area (Å²) in [6.45, 7) is 0. The number of hydrogen-bond acceptors (Lipinski definition) is 1. The Morgan fingerprint density at radius 3 is 2.79 bits per heavy atom. The molecule has 14 heavy (non-hydrogen) atoms. The van der Waals surface area contributed by atoms with Gasteiger partial charge in [0, 0.05) is 35.6 Å². The molecule has 2 nitrogen and oxygen atoms in total. The molecule has 0 aromatic heterocycles. The molecule has 0 aliphatic rings. The van der Waals surface area contributed by atoms with Gasteiger partial charge in [0.15, 0.2) is 0 Å². The number of hydrogen-bond donors (Lipinski definition) is 1. The van der Waals surface area contributed by atoms with Gasteiger partial charge in [-0.05, 0) is 61.5 Å². The zero-order valence-electron chi connectivity index (χ0n) is 6.77. The Balaban J connectivity index is 2.81.